The summed E-state index contributed by atoms with van der Waals surface area (Å²) < 4.78 is 26.5. The number of nitrogens with one attached hydrogen (secondary N) is 1. The lowest BCUT2D eigenvalue weighted by Gasteiger charge is -2.25. The first-order valence-electron chi connectivity index (χ1n) is 11.5. The van der Waals surface area contributed by atoms with E-state index in [1.807, 2.05) is 55.4 Å². The van der Waals surface area contributed by atoms with E-state index in [4.69, 9.17) is 14.6 Å². The lowest BCUT2D eigenvalue weighted by atomic mass is 10.0. The van der Waals surface area contributed by atoms with E-state index in [2.05, 4.69) is 5.32 Å². The summed E-state index contributed by atoms with van der Waals surface area (Å²) in [4.78, 5) is 15.5. The van der Waals surface area contributed by atoms with Crippen LogP contribution in [0.4, 0.5) is 4.39 Å². The van der Waals surface area contributed by atoms with Gasteiger partial charge in [0.05, 0.1) is 31.5 Å². The van der Waals surface area contributed by atoms with Crippen LogP contribution in [0.15, 0.2) is 79.0 Å². The Kier molecular flexibility index (Phi) is 7.65. The fraction of sp³-hybridized carbons (Fsp3) is 0.214. The number of para-hydroxylation sites is 1. The number of ether oxygens (including phenoxy) is 2. The van der Waals surface area contributed by atoms with Gasteiger partial charge in [0.2, 0.25) is 0 Å². The van der Waals surface area contributed by atoms with Gasteiger partial charge in [0.15, 0.2) is 0 Å². The summed E-state index contributed by atoms with van der Waals surface area (Å²) in [5.74, 6) is 0.557. The number of rotatable bonds is 9. The third kappa shape index (κ3) is 5.39. The van der Waals surface area contributed by atoms with Gasteiger partial charge in [-0.2, -0.15) is 5.10 Å². The van der Waals surface area contributed by atoms with E-state index in [-0.39, 0.29) is 24.3 Å². The van der Waals surface area contributed by atoms with Gasteiger partial charge in [-0.1, -0.05) is 30.3 Å². The molecule has 0 bridgehead atoms. The second-order valence-electron chi connectivity index (χ2n) is 8.48. The quantitative estimate of drug-likeness (QED) is 0.369. The lowest BCUT2D eigenvalue weighted by Crippen LogP contribution is -2.34. The monoisotopic (exact) mass is 488 g/mol. The Morgan fingerprint density at radius 1 is 1.03 bits per heavy atom. The molecule has 0 saturated heterocycles. The zero-order chi connectivity index (χ0) is 25.7. The van der Waals surface area contributed by atoms with Crippen LogP contribution >= 0.6 is 0 Å². The third-order valence-corrected chi connectivity index (χ3v) is 5.95. The van der Waals surface area contributed by atoms with Gasteiger partial charge in [-0.15, -0.1) is 0 Å². The van der Waals surface area contributed by atoms with Gasteiger partial charge >= 0.3 is 0 Å². The van der Waals surface area contributed by atoms with Gasteiger partial charge in [-0.05, 0) is 62.1 Å². The number of hydrogen-bond acceptors (Lipinski definition) is 5. The molecule has 1 aromatic heterocycles. The summed E-state index contributed by atoms with van der Waals surface area (Å²) in [6.07, 6.45) is 1.70. The Morgan fingerprint density at radius 2 is 1.81 bits per heavy atom. The summed E-state index contributed by atoms with van der Waals surface area (Å²) in [5, 5.41) is 7.76. The van der Waals surface area contributed by atoms with Crippen LogP contribution in [0.2, 0.25) is 0 Å². The molecule has 3 aromatic carbocycles. The molecule has 1 heterocycles. The molecule has 8 heteroatoms. The Balaban J connectivity index is 1.72. The van der Waals surface area contributed by atoms with E-state index in [0.29, 0.717) is 28.3 Å². The van der Waals surface area contributed by atoms with E-state index in [1.54, 1.807) is 49.4 Å². The van der Waals surface area contributed by atoms with Crippen LogP contribution in [0.3, 0.4) is 0 Å². The lowest BCUT2D eigenvalue weighted by molar-refractivity contribution is 0.0942. The highest BCUT2D eigenvalue weighted by Gasteiger charge is 2.23. The number of likely N-dealkylation sites (N-methyl/N-ethyl adjacent to an activating group) is 1. The van der Waals surface area contributed by atoms with Crippen LogP contribution in [0.5, 0.6) is 11.5 Å². The van der Waals surface area contributed by atoms with Crippen LogP contribution in [0, 0.1) is 5.82 Å². The molecular weight excluding hydrogens is 459 g/mol. The second kappa shape index (κ2) is 11.0. The molecular formula is C28H29FN4O3. The highest BCUT2D eigenvalue weighted by atomic mass is 19.1. The normalized spacial score (nSPS) is 11.8. The molecule has 1 atom stereocenters. The summed E-state index contributed by atoms with van der Waals surface area (Å²) in [7, 11) is 6.93. The van der Waals surface area contributed by atoms with Crippen molar-refractivity contribution in [2.75, 3.05) is 34.9 Å². The molecule has 0 spiro atoms. The van der Waals surface area contributed by atoms with Crippen molar-refractivity contribution in [1.29, 1.82) is 0 Å². The van der Waals surface area contributed by atoms with Crippen molar-refractivity contribution < 1.29 is 18.7 Å². The molecule has 36 heavy (non-hydrogen) atoms. The molecule has 1 N–H and O–H groups in total. The van der Waals surface area contributed by atoms with Crippen molar-refractivity contribution in [3.05, 3.63) is 95.9 Å². The fourth-order valence-corrected chi connectivity index (χ4v) is 4.05. The SMILES string of the molecule is COc1ccc(OC)c(-c2nn(-c3ccccc3)cc2C(=O)NCC(c2cccc(F)c2)N(C)C)c1. The molecule has 0 fully saturated rings. The van der Waals surface area contributed by atoms with Crippen molar-refractivity contribution in [2.45, 2.75) is 6.04 Å². The molecule has 0 radical (unpaired) electrons. The molecule has 4 rings (SSSR count). The number of carbonyl (C=O) groups is 1. The minimum absolute atomic E-state index is 0.219. The molecule has 7 nitrogen and oxygen atoms in total. The van der Waals surface area contributed by atoms with Crippen molar-refractivity contribution in [2.24, 2.45) is 0 Å². The maximum atomic E-state index is 13.9. The average Bonchev–Trinajstić information content (AvgIpc) is 3.34. The minimum Gasteiger partial charge on any atom is -0.497 e. The van der Waals surface area contributed by atoms with Crippen molar-refractivity contribution >= 4 is 5.91 Å². The Labute approximate surface area is 210 Å². The maximum absolute atomic E-state index is 13.9. The molecule has 1 unspecified atom stereocenters. The summed E-state index contributed by atoms with van der Waals surface area (Å²) >= 11 is 0. The number of nitrogens with zero attached hydrogens (tertiary/aromatic N) is 3. The molecule has 186 valence electrons. The Hall–Kier alpha value is -4.17. The summed E-state index contributed by atoms with van der Waals surface area (Å²) in [5.41, 5.74) is 3.05. The average molecular weight is 489 g/mol. The summed E-state index contributed by atoms with van der Waals surface area (Å²) in [6.45, 7) is 0.278. The highest BCUT2D eigenvalue weighted by molar-refractivity contribution is 6.00. The molecule has 0 aliphatic heterocycles. The van der Waals surface area contributed by atoms with Crippen LogP contribution in [0.25, 0.3) is 16.9 Å². The van der Waals surface area contributed by atoms with Gasteiger partial charge in [0.25, 0.3) is 5.91 Å². The number of methoxy groups -OCH3 is 2. The van der Waals surface area contributed by atoms with E-state index in [1.165, 1.54) is 12.1 Å². The standard InChI is InChI=1S/C28H29FN4O3/c1-32(2)25(19-9-8-10-20(29)15-19)17-30-28(34)24-18-33(21-11-6-5-7-12-21)31-27(24)23-16-22(35-3)13-14-26(23)36-4/h5-16,18,25H,17H2,1-4H3,(H,30,34). The van der Waals surface area contributed by atoms with Crippen molar-refractivity contribution in [3.8, 4) is 28.4 Å². The number of benzene rings is 3. The first-order chi connectivity index (χ1) is 17.4. The Bertz CT molecular complexity index is 1340. The molecule has 0 aliphatic rings. The Morgan fingerprint density at radius 3 is 2.47 bits per heavy atom. The highest BCUT2D eigenvalue weighted by Crippen LogP contribution is 2.35. The van der Waals surface area contributed by atoms with E-state index in [9.17, 15) is 9.18 Å². The topological polar surface area (TPSA) is 68.6 Å². The van der Waals surface area contributed by atoms with E-state index >= 15 is 0 Å². The van der Waals surface area contributed by atoms with Crippen molar-refractivity contribution in [1.82, 2.24) is 20.0 Å². The molecule has 0 aliphatic carbocycles. The fourth-order valence-electron chi connectivity index (χ4n) is 4.05. The van der Waals surface area contributed by atoms with Gasteiger partial charge < -0.3 is 19.7 Å². The largest absolute Gasteiger partial charge is 0.497 e. The number of aromatic nitrogens is 2. The van der Waals surface area contributed by atoms with Crippen LogP contribution in [-0.2, 0) is 0 Å². The molecule has 0 saturated carbocycles. The van der Waals surface area contributed by atoms with Crippen molar-refractivity contribution in [3.63, 3.8) is 0 Å². The van der Waals surface area contributed by atoms with Crippen LogP contribution < -0.4 is 14.8 Å². The number of hydrogen-bond donors (Lipinski definition) is 1. The van der Waals surface area contributed by atoms with Crippen LogP contribution in [-0.4, -0.2) is 55.4 Å². The number of halogens is 1. The molecule has 4 aromatic rings. The predicted molar refractivity (Wildman–Crippen MR) is 137 cm³/mol. The minimum atomic E-state index is -0.317. The first-order valence-corrected chi connectivity index (χ1v) is 11.5. The zero-order valence-corrected chi connectivity index (χ0v) is 20.7. The van der Waals surface area contributed by atoms with Crippen LogP contribution in [0.1, 0.15) is 22.0 Å². The predicted octanol–water partition coefficient (Wildman–Crippen LogP) is 4.73. The second-order valence-corrected chi connectivity index (χ2v) is 8.48. The smallest absolute Gasteiger partial charge is 0.255 e. The van der Waals surface area contributed by atoms with E-state index < -0.39 is 0 Å². The van der Waals surface area contributed by atoms with Gasteiger partial charge in [-0.25, -0.2) is 9.07 Å². The zero-order valence-electron chi connectivity index (χ0n) is 20.7. The number of amides is 1. The first kappa shape index (κ1) is 24.9. The third-order valence-electron chi connectivity index (χ3n) is 5.95. The number of carbonyl (C=O) groups excluding carboxylic acids is 1. The summed E-state index contributed by atoms with van der Waals surface area (Å²) in [6, 6.07) is 21.1. The van der Waals surface area contributed by atoms with Gasteiger partial charge in [-0.3, -0.25) is 4.79 Å². The molecule has 1 amide bonds. The van der Waals surface area contributed by atoms with Gasteiger partial charge in [0, 0.05) is 18.3 Å². The maximum Gasteiger partial charge on any atom is 0.255 e. The van der Waals surface area contributed by atoms with E-state index in [0.717, 1.165) is 11.3 Å². The van der Waals surface area contributed by atoms with Gasteiger partial charge in [0.1, 0.15) is 23.0 Å².